The summed E-state index contributed by atoms with van der Waals surface area (Å²) in [5.74, 6) is 0. The quantitative estimate of drug-likeness (QED) is 0.802. The molecular formula is C17H20BrN3O2. The number of para-hydroxylation sites is 2. The topological polar surface area (TPSA) is 63.2 Å². The average molecular weight is 378 g/mol. The van der Waals surface area contributed by atoms with Crippen molar-refractivity contribution in [1.82, 2.24) is 4.98 Å². The molecule has 1 heterocycles. The first kappa shape index (κ1) is 17.3. The molecule has 1 aromatic heterocycles. The Balaban J connectivity index is 2.04. The third kappa shape index (κ3) is 5.90. The third-order valence-corrected chi connectivity index (χ3v) is 3.24. The van der Waals surface area contributed by atoms with Gasteiger partial charge in [-0.25, -0.2) is 4.79 Å². The molecule has 1 amide bonds. The molecule has 0 spiro atoms. The Morgan fingerprint density at radius 3 is 2.57 bits per heavy atom. The van der Waals surface area contributed by atoms with Crippen molar-refractivity contribution in [2.45, 2.75) is 32.9 Å². The Morgan fingerprint density at radius 2 is 1.91 bits per heavy atom. The highest BCUT2D eigenvalue weighted by molar-refractivity contribution is 9.10. The molecule has 0 aliphatic rings. The van der Waals surface area contributed by atoms with Gasteiger partial charge in [-0.3, -0.25) is 10.3 Å². The molecule has 0 radical (unpaired) electrons. The zero-order valence-corrected chi connectivity index (χ0v) is 15.0. The number of aromatic nitrogens is 1. The second-order valence-electron chi connectivity index (χ2n) is 6.04. The van der Waals surface area contributed by atoms with E-state index in [2.05, 4.69) is 31.5 Å². The van der Waals surface area contributed by atoms with E-state index in [1.54, 1.807) is 12.4 Å². The Hall–Kier alpha value is -2.08. The van der Waals surface area contributed by atoms with Crippen LogP contribution in [-0.4, -0.2) is 16.7 Å². The molecule has 6 heteroatoms. The van der Waals surface area contributed by atoms with Gasteiger partial charge in [0.05, 0.1) is 11.4 Å². The zero-order chi connectivity index (χ0) is 16.9. The van der Waals surface area contributed by atoms with Gasteiger partial charge in [0.1, 0.15) is 5.60 Å². The molecule has 0 saturated heterocycles. The van der Waals surface area contributed by atoms with Crippen molar-refractivity contribution < 1.29 is 9.53 Å². The van der Waals surface area contributed by atoms with Crippen LogP contribution in [-0.2, 0) is 11.3 Å². The first-order valence-electron chi connectivity index (χ1n) is 7.26. The van der Waals surface area contributed by atoms with E-state index >= 15 is 0 Å². The van der Waals surface area contributed by atoms with Crippen molar-refractivity contribution in [3.63, 3.8) is 0 Å². The number of amides is 1. The molecule has 23 heavy (non-hydrogen) atoms. The first-order chi connectivity index (χ1) is 10.8. The van der Waals surface area contributed by atoms with Crippen molar-refractivity contribution in [2.75, 3.05) is 10.6 Å². The lowest BCUT2D eigenvalue weighted by atomic mass is 10.2. The molecule has 2 aromatic rings. The minimum Gasteiger partial charge on any atom is -0.444 e. The van der Waals surface area contributed by atoms with Gasteiger partial charge < -0.3 is 10.1 Å². The average Bonchev–Trinajstić information content (AvgIpc) is 2.44. The van der Waals surface area contributed by atoms with Crippen LogP contribution in [0.3, 0.4) is 0 Å². The van der Waals surface area contributed by atoms with E-state index in [0.29, 0.717) is 12.2 Å². The van der Waals surface area contributed by atoms with Gasteiger partial charge in [-0.15, -0.1) is 0 Å². The fraction of sp³-hybridized carbons (Fsp3) is 0.294. The lowest BCUT2D eigenvalue weighted by molar-refractivity contribution is 0.0636. The molecule has 2 N–H and O–H groups in total. The highest BCUT2D eigenvalue weighted by Crippen LogP contribution is 2.23. The van der Waals surface area contributed by atoms with Crippen molar-refractivity contribution in [2.24, 2.45) is 0 Å². The van der Waals surface area contributed by atoms with Gasteiger partial charge >= 0.3 is 6.09 Å². The summed E-state index contributed by atoms with van der Waals surface area (Å²) in [6, 6.07) is 9.48. The molecule has 0 atom stereocenters. The Labute approximate surface area is 144 Å². The van der Waals surface area contributed by atoms with Crippen molar-refractivity contribution in [1.29, 1.82) is 0 Å². The van der Waals surface area contributed by atoms with Crippen LogP contribution in [0.4, 0.5) is 16.2 Å². The maximum absolute atomic E-state index is 11.9. The van der Waals surface area contributed by atoms with Crippen LogP contribution in [0, 0.1) is 0 Å². The maximum Gasteiger partial charge on any atom is 0.412 e. The van der Waals surface area contributed by atoms with Gasteiger partial charge in [0.25, 0.3) is 0 Å². The van der Waals surface area contributed by atoms with Crippen LogP contribution in [0.2, 0.25) is 0 Å². The number of pyridine rings is 1. The zero-order valence-electron chi connectivity index (χ0n) is 13.4. The highest BCUT2D eigenvalue weighted by Gasteiger charge is 2.17. The van der Waals surface area contributed by atoms with Crippen molar-refractivity contribution >= 4 is 33.4 Å². The van der Waals surface area contributed by atoms with Crippen LogP contribution < -0.4 is 10.6 Å². The standard InChI is InChI=1S/C17H20BrN3O2/c1-17(2,3)23-16(22)21-15-7-5-4-6-14(15)20-10-12-8-13(18)11-19-9-12/h4-9,11,20H,10H2,1-3H3,(H,21,22). The highest BCUT2D eigenvalue weighted by atomic mass is 79.9. The Bertz CT molecular complexity index is 684. The normalized spacial score (nSPS) is 11.0. The van der Waals surface area contributed by atoms with Gasteiger partial charge in [0, 0.05) is 23.4 Å². The number of benzene rings is 1. The SMILES string of the molecule is CC(C)(C)OC(=O)Nc1ccccc1NCc1cncc(Br)c1. The molecule has 0 bridgehead atoms. The van der Waals surface area contributed by atoms with E-state index in [-0.39, 0.29) is 0 Å². The van der Waals surface area contributed by atoms with Crippen LogP contribution >= 0.6 is 15.9 Å². The van der Waals surface area contributed by atoms with Crippen LogP contribution in [0.5, 0.6) is 0 Å². The largest absolute Gasteiger partial charge is 0.444 e. The minimum atomic E-state index is -0.533. The number of ether oxygens (including phenoxy) is 1. The molecule has 0 fully saturated rings. The van der Waals surface area contributed by atoms with E-state index in [1.165, 1.54) is 0 Å². The van der Waals surface area contributed by atoms with Crippen molar-refractivity contribution in [3.8, 4) is 0 Å². The fourth-order valence-corrected chi connectivity index (χ4v) is 2.32. The number of halogens is 1. The van der Waals surface area contributed by atoms with E-state index in [0.717, 1.165) is 15.7 Å². The predicted octanol–water partition coefficient (Wildman–Crippen LogP) is 4.80. The summed E-state index contributed by atoms with van der Waals surface area (Å²) in [6.45, 7) is 6.09. The summed E-state index contributed by atoms with van der Waals surface area (Å²) in [5, 5.41) is 6.06. The second kappa shape index (κ2) is 7.46. The molecule has 2 rings (SSSR count). The number of nitrogens with one attached hydrogen (secondary N) is 2. The molecular weight excluding hydrogens is 358 g/mol. The van der Waals surface area contributed by atoms with E-state index < -0.39 is 11.7 Å². The Kier molecular flexibility index (Phi) is 5.60. The number of hydrogen-bond donors (Lipinski definition) is 2. The second-order valence-corrected chi connectivity index (χ2v) is 6.95. The number of carbonyl (C=O) groups excluding carboxylic acids is 1. The molecule has 1 aromatic carbocycles. The summed E-state index contributed by atoms with van der Waals surface area (Å²) in [4.78, 5) is 16.1. The monoisotopic (exact) mass is 377 g/mol. The maximum atomic E-state index is 11.9. The summed E-state index contributed by atoms with van der Waals surface area (Å²) in [7, 11) is 0. The van der Waals surface area contributed by atoms with E-state index in [1.807, 2.05) is 51.1 Å². The van der Waals surface area contributed by atoms with Gasteiger partial charge in [-0.1, -0.05) is 12.1 Å². The van der Waals surface area contributed by atoms with Gasteiger partial charge in [0.2, 0.25) is 0 Å². The number of hydrogen-bond acceptors (Lipinski definition) is 4. The molecule has 5 nitrogen and oxygen atoms in total. The molecule has 0 saturated carbocycles. The van der Waals surface area contributed by atoms with E-state index in [4.69, 9.17) is 4.74 Å². The number of nitrogens with zero attached hydrogens (tertiary/aromatic N) is 1. The lowest BCUT2D eigenvalue weighted by Crippen LogP contribution is -2.27. The van der Waals surface area contributed by atoms with Crippen LogP contribution in [0.1, 0.15) is 26.3 Å². The molecule has 0 aliphatic carbocycles. The third-order valence-electron chi connectivity index (χ3n) is 2.81. The van der Waals surface area contributed by atoms with Crippen LogP contribution in [0.25, 0.3) is 0 Å². The summed E-state index contributed by atoms with van der Waals surface area (Å²) in [6.07, 6.45) is 3.05. The first-order valence-corrected chi connectivity index (χ1v) is 8.05. The van der Waals surface area contributed by atoms with Crippen LogP contribution in [0.15, 0.2) is 47.2 Å². The number of anilines is 2. The summed E-state index contributed by atoms with van der Waals surface area (Å²) in [5.41, 5.74) is 1.99. The summed E-state index contributed by atoms with van der Waals surface area (Å²) >= 11 is 3.40. The molecule has 0 unspecified atom stereocenters. The smallest absolute Gasteiger partial charge is 0.412 e. The van der Waals surface area contributed by atoms with Crippen molar-refractivity contribution in [3.05, 3.63) is 52.8 Å². The number of carbonyl (C=O) groups is 1. The molecule has 122 valence electrons. The lowest BCUT2D eigenvalue weighted by Gasteiger charge is -2.20. The molecule has 0 aliphatic heterocycles. The van der Waals surface area contributed by atoms with E-state index in [9.17, 15) is 4.79 Å². The Morgan fingerprint density at radius 1 is 1.22 bits per heavy atom. The fourth-order valence-electron chi connectivity index (χ4n) is 1.91. The van der Waals surface area contributed by atoms with Gasteiger partial charge in [0.15, 0.2) is 0 Å². The predicted molar refractivity (Wildman–Crippen MR) is 95.6 cm³/mol. The minimum absolute atomic E-state index is 0.476. The van der Waals surface area contributed by atoms with Gasteiger partial charge in [-0.2, -0.15) is 0 Å². The van der Waals surface area contributed by atoms with Gasteiger partial charge in [-0.05, 0) is 60.5 Å². The number of rotatable bonds is 4. The summed E-state index contributed by atoms with van der Waals surface area (Å²) < 4.78 is 6.21.